The average Bonchev–Trinajstić information content (AvgIpc) is 3.33. The highest BCUT2D eigenvalue weighted by atomic mass is 79.9. The zero-order valence-corrected chi connectivity index (χ0v) is 23.8. The summed E-state index contributed by atoms with van der Waals surface area (Å²) < 4.78 is 37.9. The Balaban J connectivity index is 1.70. The molecule has 1 unspecified atom stereocenters. The van der Waals surface area contributed by atoms with Crippen molar-refractivity contribution < 1.29 is 27.5 Å². The zero-order valence-electron chi connectivity index (χ0n) is 21.4. The average molecular weight is 597 g/mol. The molecule has 0 radical (unpaired) electrons. The highest BCUT2D eigenvalue weighted by molar-refractivity contribution is 9.10. The van der Waals surface area contributed by atoms with Crippen LogP contribution in [-0.4, -0.2) is 57.3 Å². The SMILES string of the molecule is CCCCNC(=O)C(C)N(Cc1ccc(Br)cc1)C(=O)CCCN(c1ccc2c(c1)OCO2)S(C)(=O)=O. The topological polar surface area (TPSA) is 105 Å². The molecule has 1 N–H and O–H groups in total. The van der Waals surface area contributed by atoms with Crippen molar-refractivity contribution in [2.45, 2.75) is 52.1 Å². The van der Waals surface area contributed by atoms with Gasteiger partial charge in [0.05, 0.1) is 11.9 Å². The highest BCUT2D eigenvalue weighted by Crippen LogP contribution is 2.36. The Bertz CT molecular complexity index is 1190. The lowest BCUT2D eigenvalue weighted by Gasteiger charge is -2.29. The number of benzene rings is 2. The van der Waals surface area contributed by atoms with Crippen LogP contribution >= 0.6 is 15.9 Å². The predicted molar refractivity (Wildman–Crippen MR) is 146 cm³/mol. The molecule has 2 aromatic carbocycles. The summed E-state index contributed by atoms with van der Waals surface area (Å²) >= 11 is 3.41. The molecule has 11 heteroatoms. The van der Waals surface area contributed by atoms with Crippen LogP contribution in [0.15, 0.2) is 46.9 Å². The number of fused-ring (bicyclic) bond motifs is 1. The van der Waals surface area contributed by atoms with E-state index in [0.717, 1.165) is 29.1 Å². The fourth-order valence-corrected chi connectivity index (χ4v) is 5.17. The van der Waals surface area contributed by atoms with Crippen molar-refractivity contribution in [3.8, 4) is 11.5 Å². The molecule has 202 valence electrons. The first kappa shape index (κ1) is 28.8. The molecule has 1 atom stereocenters. The van der Waals surface area contributed by atoms with E-state index < -0.39 is 16.1 Å². The maximum absolute atomic E-state index is 13.3. The number of halogens is 1. The molecular weight excluding hydrogens is 562 g/mol. The second-order valence-corrected chi connectivity index (χ2v) is 11.8. The number of hydrogen-bond donors (Lipinski definition) is 1. The van der Waals surface area contributed by atoms with Crippen molar-refractivity contribution in [3.63, 3.8) is 0 Å². The summed E-state index contributed by atoms with van der Waals surface area (Å²) in [5.74, 6) is 0.602. The highest BCUT2D eigenvalue weighted by Gasteiger charge is 2.27. The van der Waals surface area contributed by atoms with Gasteiger partial charge in [-0.1, -0.05) is 41.4 Å². The molecule has 0 bridgehead atoms. The number of nitrogens with zero attached hydrogens (tertiary/aromatic N) is 2. The second-order valence-electron chi connectivity index (χ2n) is 8.94. The van der Waals surface area contributed by atoms with Crippen molar-refractivity contribution in [2.75, 3.05) is 30.4 Å². The van der Waals surface area contributed by atoms with Crippen LogP contribution in [0, 0.1) is 0 Å². The van der Waals surface area contributed by atoms with Gasteiger partial charge in [-0.25, -0.2) is 8.42 Å². The van der Waals surface area contributed by atoms with Crippen molar-refractivity contribution >= 4 is 43.5 Å². The van der Waals surface area contributed by atoms with Crippen molar-refractivity contribution in [1.82, 2.24) is 10.2 Å². The molecule has 2 aromatic rings. The van der Waals surface area contributed by atoms with E-state index in [1.54, 1.807) is 30.0 Å². The number of nitrogens with one attached hydrogen (secondary N) is 1. The number of amides is 2. The van der Waals surface area contributed by atoms with Crippen LogP contribution in [0.4, 0.5) is 5.69 Å². The smallest absolute Gasteiger partial charge is 0.242 e. The third-order valence-electron chi connectivity index (χ3n) is 6.06. The van der Waals surface area contributed by atoms with Crippen LogP contribution in [-0.2, 0) is 26.2 Å². The van der Waals surface area contributed by atoms with Crippen molar-refractivity contribution in [3.05, 3.63) is 52.5 Å². The first-order valence-corrected chi connectivity index (χ1v) is 14.9. The van der Waals surface area contributed by atoms with E-state index in [0.29, 0.717) is 23.7 Å². The molecule has 9 nitrogen and oxygen atoms in total. The second kappa shape index (κ2) is 13.1. The molecule has 3 rings (SSSR count). The summed E-state index contributed by atoms with van der Waals surface area (Å²) in [5.41, 5.74) is 1.33. The van der Waals surface area contributed by atoms with E-state index in [4.69, 9.17) is 9.47 Å². The van der Waals surface area contributed by atoms with Crippen molar-refractivity contribution in [2.24, 2.45) is 0 Å². The summed E-state index contributed by atoms with van der Waals surface area (Å²) in [5, 5.41) is 2.90. The maximum Gasteiger partial charge on any atom is 0.242 e. The molecule has 2 amide bonds. The molecule has 1 aliphatic heterocycles. The molecule has 0 aromatic heterocycles. The van der Waals surface area contributed by atoms with Crippen LogP contribution in [0.25, 0.3) is 0 Å². The standard InChI is InChI=1S/C26H34BrN3O6S/c1-4-5-14-28-26(32)19(2)29(17-20-8-10-21(27)11-9-20)25(31)7-6-15-30(37(3,33)34)22-12-13-23-24(16-22)36-18-35-23/h8-13,16,19H,4-7,14-15,17-18H2,1-3H3,(H,28,32). The van der Waals surface area contributed by atoms with Gasteiger partial charge in [-0.05, 0) is 49.6 Å². The molecule has 0 spiro atoms. The lowest BCUT2D eigenvalue weighted by molar-refractivity contribution is -0.140. The number of anilines is 1. The Morgan fingerprint density at radius 2 is 1.78 bits per heavy atom. The molecule has 0 fully saturated rings. The molecule has 0 saturated heterocycles. The van der Waals surface area contributed by atoms with Crippen LogP contribution in [0.2, 0.25) is 0 Å². The molecular formula is C26H34BrN3O6S. The van der Waals surface area contributed by atoms with Gasteiger partial charge in [-0.3, -0.25) is 13.9 Å². The van der Waals surface area contributed by atoms with E-state index >= 15 is 0 Å². The predicted octanol–water partition coefficient (Wildman–Crippen LogP) is 4.06. The maximum atomic E-state index is 13.3. The quantitative estimate of drug-likeness (QED) is 0.350. The van der Waals surface area contributed by atoms with Crippen LogP contribution in [0.3, 0.4) is 0 Å². The number of carbonyl (C=O) groups is 2. The fourth-order valence-electron chi connectivity index (χ4n) is 3.95. The molecule has 1 heterocycles. The minimum atomic E-state index is -3.61. The van der Waals surface area contributed by atoms with Crippen LogP contribution < -0.4 is 19.1 Å². The lowest BCUT2D eigenvalue weighted by Crippen LogP contribution is -2.47. The third kappa shape index (κ3) is 8.10. The van der Waals surface area contributed by atoms with Gasteiger partial charge in [-0.15, -0.1) is 0 Å². The summed E-state index contributed by atoms with van der Waals surface area (Å²) in [7, 11) is -3.61. The van der Waals surface area contributed by atoms with Gasteiger partial charge in [0.25, 0.3) is 0 Å². The monoisotopic (exact) mass is 595 g/mol. The summed E-state index contributed by atoms with van der Waals surface area (Å²) in [6.45, 7) is 4.78. The van der Waals surface area contributed by atoms with Crippen LogP contribution in [0.5, 0.6) is 11.5 Å². The van der Waals surface area contributed by atoms with E-state index in [1.807, 2.05) is 31.2 Å². The van der Waals surface area contributed by atoms with E-state index in [2.05, 4.69) is 21.2 Å². The first-order chi connectivity index (χ1) is 17.6. The summed E-state index contributed by atoms with van der Waals surface area (Å²) in [6.07, 6.45) is 3.31. The Morgan fingerprint density at radius 3 is 2.46 bits per heavy atom. The number of carbonyl (C=O) groups excluding carboxylic acids is 2. The Labute approximate surface area is 227 Å². The summed E-state index contributed by atoms with van der Waals surface area (Å²) in [4.78, 5) is 27.7. The van der Waals surface area contributed by atoms with Gasteiger partial charge in [0, 0.05) is 36.6 Å². The number of hydrogen-bond acceptors (Lipinski definition) is 6. The van der Waals surface area contributed by atoms with Gasteiger partial charge in [0.1, 0.15) is 6.04 Å². The fraction of sp³-hybridized carbons (Fsp3) is 0.462. The van der Waals surface area contributed by atoms with Gasteiger partial charge in [-0.2, -0.15) is 0 Å². The number of rotatable bonds is 13. The third-order valence-corrected chi connectivity index (χ3v) is 7.78. The van der Waals surface area contributed by atoms with Gasteiger partial charge >= 0.3 is 0 Å². The number of unbranched alkanes of at least 4 members (excludes halogenated alkanes) is 1. The minimum Gasteiger partial charge on any atom is -0.454 e. The zero-order chi connectivity index (χ0) is 27.0. The number of ether oxygens (including phenoxy) is 2. The molecule has 0 aliphatic carbocycles. The van der Waals surface area contributed by atoms with E-state index in [9.17, 15) is 18.0 Å². The van der Waals surface area contributed by atoms with Crippen LogP contribution in [0.1, 0.15) is 45.1 Å². The molecule has 1 aliphatic rings. The van der Waals surface area contributed by atoms with Crippen molar-refractivity contribution in [1.29, 1.82) is 0 Å². The Hall–Kier alpha value is -2.79. The van der Waals surface area contributed by atoms with E-state index in [-0.39, 0.29) is 44.5 Å². The van der Waals surface area contributed by atoms with Gasteiger partial charge < -0.3 is 19.7 Å². The minimum absolute atomic E-state index is 0.0830. The normalized spacial score (nSPS) is 13.2. The molecule has 0 saturated carbocycles. The lowest BCUT2D eigenvalue weighted by atomic mass is 10.1. The van der Waals surface area contributed by atoms with Gasteiger partial charge in [0.15, 0.2) is 11.5 Å². The summed E-state index contributed by atoms with van der Waals surface area (Å²) in [6, 6.07) is 11.8. The molecule has 37 heavy (non-hydrogen) atoms. The Kier molecular flexibility index (Phi) is 10.2. The first-order valence-electron chi connectivity index (χ1n) is 12.3. The van der Waals surface area contributed by atoms with E-state index in [1.165, 1.54) is 4.31 Å². The van der Waals surface area contributed by atoms with Gasteiger partial charge in [0.2, 0.25) is 28.6 Å². The largest absolute Gasteiger partial charge is 0.454 e. The Morgan fingerprint density at radius 1 is 1.08 bits per heavy atom. The number of sulfonamides is 1.